The van der Waals surface area contributed by atoms with Gasteiger partial charge in [-0.25, -0.2) is 0 Å². The zero-order valence-corrected chi connectivity index (χ0v) is 14.5. The third-order valence-electron chi connectivity index (χ3n) is 4.68. The van der Waals surface area contributed by atoms with Crippen LogP contribution in [-0.4, -0.2) is 41.1 Å². The van der Waals surface area contributed by atoms with Crippen molar-refractivity contribution in [3.8, 4) is 11.8 Å². The van der Waals surface area contributed by atoms with Crippen LogP contribution < -0.4 is 5.32 Å². The number of nitrogens with one attached hydrogen (secondary N) is 1. The normalized spacial score (nSPS) is 17.7. The molecule has 0 spiro atoms. The molecule has 1 aromatic rings. The highest BCUT2D eigenvalue weighted by Crippen LogP contribution is 2.24. The van der Waals surface area contributed by atoms with Crippen LogP contribution in [-0.2, 0) is 4.79 Å². The Morgan fingerprint density at radius 3 is 2.58 bits per heavy atom. The number of hydrogen-bond donors (Lipinski definition) is 2. The second kappa shape index (κ2) is 7.50. The molecule has 1 heterocycles. The van der Waals surface area contributed by atoms with E-state index < -0.39 is 5.54 Å². The number of nitrogens with zero attached hydrogens (tertiary/aromatic N) is 2. The molecule has 0 unspecified atom stereocenters. The van der Waals surface area contributed by atoms with Gasteiger partial charge in [0.05, 0.1) is 12.6 Å². The van der Waals surface area contributed by atoms with Gasteiger partial charge in [-0.3, -0.25) is 9.69 Å². The highest BCUT2D eigenvalue weighted by molar-refractivity contribution is 5.79. The van der Waals surface area contributed by atoms with Gasteiger partial charge >= 0.3 is 0 Å². The molecule has 0 radical (unpaired) electrons. The summed E-state index contributed by atoms with van der Waals surface area (Å²) >= 11 is 0. The van der Waals surface area contributed by atoms with E-state index in [0.29, 0.717) is 13.1 Å². The largest absolute Gasteiger partial charge is 0.508 e. The highest BCUT2D eigenvalue weighted by atomic mass is 16.3. The molecule has 0 saturated carbocycles. The summed E-state index contributed by atoms with van der Waals surface area (Å²) in [6.45, 7) is 7.41. The van der Waals surface area contributed by atoms with Gasteiger partial charge in [-0.1, -0.05) is 32.1 Å². The number of amides is 1. The Bertz CT molecular complexity index is 658. The lowest BCUT2D eigenvalue weighted by molar-refractivity contribution is -0.123. The second-order valence-corrected chi connectivity index (χ2v) is 6.78. The third-order valence-corrected chi connectivity index (χ3v) is 4.68. The van der Waals surface area contributed by atoms with Crippen molar-refractivity contribution in [2.24, 2.45) is 5.92 Å². The van der Waals surface area contributed by atoms with Crippen LogP contribution in [0, 0.1) is 17.2 Å². The van der Waals surface area contributed by atoms with E-state index in [4.69, 9.17) is 0 Å². The molecule has 0 aromatic heterocycles. The Hall–Kier alpha value is -2.32. The van der Waals surface area contributed by atoms with Crippen LogP contribution in [0.5, 0.6) is 5.75 Å². The van der Waals surface area contributed by atoms with Gasteiger partial charge in [0.15, 0.2) is 0 Å². The molecule has 0 aliphatic carbocycles. The highest BCUT2D eigenvalue weighted by Gasteiger charge is 2.30. The van der Waals surface area contributed by atoms with E-state index >= 15 is 0 Å². The molecule has 1 aliphatic heterocycles. The number of aromatic hydroxyl groups is 1. The van der Waals surface area contributed by atoms with E-state index in [0.717, 1.165) is 18.5 Å². The number of phenols is 1. The van der Waals surface area contributed by atoms with Gasteiger partial charge in [0.2, 0.25) is 5.91 Å². The average molecular weight is 327 g/mol. The van der Waals surface area contributed by atoms with Crippen molar-refractivity contribution < 1.29 is 9.90 Å². The Labute approximate surface area is 143 Å². The Morgan fingerprint density at radius 1 is 1.42 bits per heavy atom. The van der Waals surface area contributed by atoms with Crippen LogP contribution >= 0.6 is 0 Å². The summed E-state index contributed by atoms with van der Waals surface area (Å²) in [7, 11) is 0. The fraction of sp³-hybridized carbons (Fsp3) is 0.474. The van der Waals surface area contributed by atoms with Crippen molar-refractivity contribution in [2.75, 3.05) is 19.6 Å². The van der Waals surface area contributed by atoms with E-state index in [2.05, 4.69) is 22.4 Å². The molecule has 0 saturated heterocycles. The van der Waals surface area contributed by atoms with Crippen LogP contribution in [0.4, 0.5) is 0 Å². The summed E-state index contributed by atoms with van der Waals surface area (Å²) in [5.41, 5.74) is 1.50. The van der Waals surface area contributed by atoms with E-state index in [-0.39, 0.29) is 17.6 Å². The van der Waals surface area contributed by atoms with E-state index in [1.165, 1.54) is 5.57 Å². The van der Waals surface area contributed by atoms with Gasteiger partial charge in [-0.15, -0.1) is 0 Å². The van der Waals surface area contributed by atoms with Gasteiger partial charge in [0, 0.05) is 13.1 Å². The number of carbonyl (C=O) groups excluding carboxylic acids is 1. The molecule has 5 heteroatoms. The third kappa shape index (κ3) is 4.36. The quantitative estimate of drug-likeness (QED) is 0.871. The first kappa shape index (κ1) is 18.0. The van der Waals surface area contributed by atoms with Crippen LogP contribution in [0.1, 0.15) is 32.8 Å². The number of nitriles is 1. The van der Waals surface area contributed by atoms with Crippen molar-refractivity contribution in [3.05, 3.63) is 35.9 Å². The Balaban J connectivity index is 1.91. The predicted molar refractivity (Wildman–Crippen MR) is 94.1 cm³/mol. The summed E-state index contributed by atoms with van der Waals surface area (Å²) in [6.07, 6.45) is 2.98. The van der Waals surface area contributed by atoms with Gasteiger partial charge in [-0.2, -0.15) is 5.26 Å². The average Bonchev–Trinajstić information content (AvgIpc) is 2.56. The molecule has 2 N–H and O–H groups in total. The molecule has 24 heavy (non-hydrogen) atoms. The number of phenolic OH excluding ortho intramolecular Hbond substituents is 1. The Morgan fingerprint density at radius 2 is 2.08 bits per heavy atom. The minimum Gasteiger partial charge on any atom is -0.508 e. The number of carbonyl (C=O) groups is 1. The van der Waals surface area contributed by atoms with Gasteiger partial charge in [0.1, 0.15) is 11.3 Å². The molecule has 1 aliphatic rings. The molecule has 1 aromatic carbocycles. The number of rotatable bonds is 5. The minimum absolute atomic E-state index is 0.0498. The number of hydrogen-bond acceptors (Lipinski definition) is 4. The second-order valence-electron chi connectivity index (χ2n) is 6.78. The first-order valence-corrected chi connectivity index (χ1v) is 8.27. The monoisotopic (exact) mass is 327 g/mol. The van der Waals surface area contributed by atoms with E-state index in [1.54, 1.807) is 19.1 Å². The smallest absolute Gasteiger partial charge is 0.235 e. The molecule has 0 fully saturated rings. The zero-order chi connectivity index (χ0) is 17.7. The van der Waals surface area contributed by atoms with Crippen molar-refractivity contribution in [1.82, 2.24) is 10.2 Å². The molecule has 0 bridgehead atoms. The van der Waals surface area contributed by atoms with Crippen molar-refractivity contribution in [2.45, 2.75) is 32.7 Å². The molecule has 5 nitrogen and oxygen atoms in total. The first-order chi connectivity index (χ1) is 11.3. The minimum atomic E-state index is -0.833. The fourth-order valence-electron chi connectivity index (χ4n) is 2.63. The van der Waals surface area contributed by atoms with Crippen molar-refractivity contribution in [1.29, 1.82) is 5.26 Å². The first-order valence-electron chi connectivity index (χ1n) is 8.27. The molecule has 2 rings (SSSR count). The molecular formula is C19H25N3O2. The molecule has 128 valence electrons. The lowest BCUT2D eigenvalue weighted by Gasteiger charge is -2.30. The van der Waals surface area contributed by atoms with Crippen LogP contribution in [0.3, 0.4) is 0 Å². The van der Waals surface area contributed by atoms with Crippen molar-refractivity contribution in [3.63, 3.8) is 0 Å². The predicted octanol–water partition coefficient (Wildman–Crippen LogP) is 2.54. The summed E-state index contributed by atoms with van der Waals surface area (Å²) in [4.78, 5) is 14.3. The SMILES string of the molecule is CC(C)[C@](C)(C#N)NC(=O)CN1CC=C(c2ccc(O)cc2)CC1. The summed E-state index contributed by atoms with van der Waals surface area (Å²) in [6, 6.07) is 9.38. The zero-order valence-electron chi connectivity index (χ0n) is 14.5. The van der Waals surface area contributed by atoms with E-state index in [9.17, 15) is 15.2 Å². The molecular weight excluding hydrogens is 302 g/mol. The molecule has 1 amide bonds. The van der Waals surface area contributed by atoms with Gasteiger partial charge < -0.3 is 10.4 Å². The van der Waals surface area contributed by atoms with Crippen molar-refractivity contribution >= 4 is 11.5 Å². The summed E-state index contributed by atoms with van der Waals surface area (Å²) in [5, 5.41) is 21.5. The van der Waals surface area contributed by atoms with Crippen LogP contribution in [0.25, 0.3) is 5.57 Å². The maximum absolute atomic E-state index is 12.2. The summed E-state index contributed by atoms with van der Waals surface area (Å²) in [5.74, 6) is 0.196. The topological polar surface area (TPSA) is 76.4 Å². The van der Waals surface area contributed by atoms with Crippen LogP contribution in [0.15, 0.2) is 30.3 Å². The maximum Gasteiger partial charge on any atom is 0.235 e. The summed E-state index contributed by atoms with van der Waals surface area (Å²) < 4.78 is 0. The van der Waals surface area contributed by atoms with E-state index in [1.807, 2.05) is 26.0 Å². The number of benzene rings is 1. The van der Waals surface area contributed by atoms with Gasteiger partial charge in [-0.05, 0) is 42.5 Å². The van der Waals surface area contributed by atoms with Gasteiger partial charge in [0.25, 0.3) is 0 Å². The molecule has 1 atom stereocenters. The van der Waals surface area contributed by atoms with Crippen LogP contribution in [0.2, 0.25) is 0 Å². The lowest BCUT2D eigenvalue weighted by atomic mass is 9.90. The standard InChI is InChI=1S/C19H25N3O2/c1-14(2)19(3,13-20)21-18(24)12-22-10-8-16(9-11-22)15-4-6-17(23)7-5-15/h4-8,14,23H,9-12H2,1-3H3,(H,21,24)/t19-/m0/s1. The lowest BCUT2D eigenvalue weighted by Crippen LogP contribution is -2.52. The fourth-order valence-corrected chi connectivity index (χ4v) is 2.63. The maximum atomic E-state index is 12.2. The Kier molecular flexibility index (Phi) is 5.63.